The molecule has 2 heterocycles. The van der Waals surface area contributed by atoms with Gasteiger partial charge in [0.05, 0.1) is 0 Å². The largest absolute Gasteiger partial charge is 0.364 e. The van der Waals surface area contributed by atoms with Crippen molar-refractivity contribution in [1.29, 1.82) is 0 Å². The Kier molecular flexibility index (Phi) is 4.89. The van der Waals surface area contributed by atoms with Gasteiger partial charge in [-0.15, -0.1) is 10.2 Å². The Morgan fingerprint density at radius 3 is 2.90 bits per heavy atom. The third kappa shape index (κ3) is 3.90. The first-order chi connectivity index (χ1) is 9.56. The van der Waals surface area contributed by atoms with Crippen LogP contribution in [0.5, 0.6) is 0 Å². The fraction of sp³-hybridized carbons (Fsp3) is 0.643. The van der Waals surface area contributed by atoms with E-state index in [0.717, 1.165) is 31.9 Å². The van der Waals surface area contributed by atoms with E-state index >= 15 is 0 Å². The smallest absolute Gasteiger partial charge is 0.269 e. The van der Waals surface area contributed by atoms with Crippen molar-refractivity contribution in [2.24, 2.45) is 11.7 Å². The van der Waals surface area contributed by atoms with Gasteiger partial charge in [0, 0.05) is 19.1 Å². The number of hydrogen-bond donors (Lipinski definition) is 2. The number of piperidine rings is 1. The minimum Gasteiger partial charge on any atom is -0.364 e. The van der Waals surface area contributed by atoms with Gasteiger partial charge in [-0.05, 0) is 37.4 Å². The highest BCUT2D eigenvalue weighted by Gasteiger charge is 2.21. The lowest BCUT2D eigenvalue weighted by Gasteiger charge is -2.33. The highest BCUT2D eigenvalue weighted by molar-refractivity contribution is 5.90. The first-order valence-electron chi connectivity index (χ1n) is 7.18. The van der Waals surface area contributed by atoms with Crippen LogP contribution in [0.2, 0.25) is 0 Å². The molecule has 1 aliphatic rings. The molecule has 1 aromatic rings. The molecule has 0 bridgehead atoms. The number of primary amides is 1. The lowest BCUT2D eigenvalue weighted by atomic mass is 9.98. The number of anilines is 1. The lowest BCUT2D eigenvalue weighted by molar-refractivity contribution is 0.0994. The SMILES string of the molecule is CC(C)NCC1CCCN(c2ccc(C(N)=O)nn2)C1. The molecule has 0 radical (unpaired) electrons. The van der Waals surface area contributed by atoms with Crippen molar-refractivity contribution in [1.82, 2.24) is 15.5 Å². The van der Waals surface area contributed by atoms with Crippen molar-refractivity contribution in [3.05, 3.63) is 17.8 Å². The molecule has 0 spiro atoms. The zero-order chi connectivity index (χ0) is 14.5. The van der Waals surface area contributed by atoms with Crippen molar-refractivity contribution < 1.29 is 4.79 Å². The van der Waals surface area contributed by atoms with Crippen molar-refractivity contribution in [2.75, 3.05) is 24.5 Å². The van der Waals surface area contributed by atoms with Gasteiger partial charge in [0.25, 0.3) is 5.91 Å². The highest BCUT2D eigenvalue weighted by atomic mass is 16.1. The highest BCUT2D eigenvalue weighted by Crippen LogP contribution is 2.20. The second-order valence-corrected chi connectivity index (χ2v) is 5.66. The molecule has 1 atom stereocenters. The van der Waals surface area contributed by atoms with Gasteiger partial charge >= 0.3 is 0 Å². The summed E-state index contributed by atoms with van der Waals surface area (Å²) < 4.78 is 0. The van der Waals surface area contributed by atoms with Crippen LogP contribution in [-0.2, 0) is 0 Å². The first-order valence-corrected chi connectivity index (χ1v) is 7.18. The van der Waals surface area contributed by atoms with E-state index in [-0.39, 0.29) is 5.69 Å². The minimum absolute atomic E-state index is 0.212. The van der Waals surface area contributed by atoms with Crippen LogP contribution in [0, 0.1) is 5.92 Å². The van der Waals surface area contributed by atoms with Crippen molar-refractivity contribution in [2.45, 2.75) is 32.7 Å². The molecule has 0 aromatic carbocycles. The molecule has 1 saturated heterocycles. The van der Waals surface area contributed by atoms with E-state index in [4.69, 9.17) is 5.73 Å². The van der Waals surface area contributed by atoms with E-state index in [0.29, 0.717) is 12.0 Å². The van der Waals surface area contributed by atoms with Gasteiger partial charge < -0.3 is 16.0 Å². The van der Waals surface area contributed by atoms with Gasteiger partial charge in [-0.25, -0.2) is 0 Å². The molecule has 1 fully saturated rings. The molecule has 1 unspecified atom stereocenters. The fourth-order valence-electron chi connectivity index (χ4n) is 2.47. The zero-order valence-electron chi connectivity index (χ0n) is 12.2. The number of carbonyl (C=O) groups excluding carboxylic acids is 1. The second-order valence-electron chi connectivity index (χ2n) is 5.66. The molecular weight excluding hydrogens is 254 g/mol. The van der Waals surface area contributed by atoms with E-state index < -0.39 is 5.91 Å². The molecule has 0 saturated carbocycles. The number of hydrogen-bond acceptors (Lipinski definition) is 5. The lowest BCUT2D eigenvalue weighted by Crippen LogP contribution is -2.41. The Balaban J connectivity index is 1.96. The summed E-state index contributed by atoms with van der Waals surface area (Å²) >= 11 is 0. The summed E-state index contributed by atoms with van der Waals surface area (Å²) in [5, 5.41) is 11.5. The van der Waals surface area contributed by atoms with Gasteiger partial charge in [-0.2, -0.15) is 0 Å². The number of nitrogens with zero attached hydrogens (tertiary/aromatic N) is 3. The zero-order valence-corrected chi connectivity index (χ0v) is 12.2. The molecule has 2 rings (SSSR count). The second kappa shape index (κ2) is 6.65. The molecule has 20 heavy (non-hydrogen) atoms. The van der Waals surface area contributed by atoms with Crippen LogP contribution < -0.4 is 16.0 Å². The summed E-state index contributed by atoms with van der Waals surface area (Å²) in [6, 6.07) is 3.98. The van der Waals surface area contributed by atoms with E-state index in [1.807, 2.05) is 6.07 Å². The number of carbonyl (C=O) groups is 1. The van der Waals surface area contributed by atoms with E-state index in [1.165, 1.54) is 6.42 Å². The molecule has 0 aliphatic carbocycles. The van der Waals surface area contributed by atoms with Gasteiger partial charge in [0.15, 0.2) is 11.5 Å². The number of nitrogens with one attached hydrogen (secondary N) is 1. The van der Waals surface area contributed by atoms with Crippen LogP contribution >= 0.6 is 0 Å². The molecule has 6 heteroatoms. The van der Waals surface area contributed by atoms with Crippen LogP contribution in [0.25, 0.3) is 0 Å². The molecule has 1 aromatic heterocycles. The molecule has 1 amide bonds. The molecular formula is C14H23N5O. The maximum absolute atomic E-state index is 11.0. The maximum Gasteiger partial charge on any atom is 0.269 e. The average molecular weight is 277 g/mol. The average Bonchev–Trinajstić information content (AvgIpc) is 2.45. The van der Waals surface area contributed by atoms with Crippen molar-refractivity contribution in [3.63, 3.8) is 0 Å². The third-order valence-electron chi connectivity index (χ3n) is 3.56. The van der Waals surface area contributed by atoms with Crippen LogP contribution in [-0.4, -0.2) is 41.8 Å². The summed E-state index contributed by atoms with van der Waals surface area (Å²) in [7, 11) is 0. The quantitative estimate of drug-likeness (QED) is 0.831. The van der Waals surface area contributed by atoms with Crippen molar-refractivity contribution in [3.8, 4) is 0 Å². The number of rotatable bonds is 5. The fourth-order valence-corrected chi connectivity index (χ4v) is 2.47. The summed E-state index contributed by atoms with van der Waals surface area (Å²) in [6.07, 6.45) is 2.40. The summed E-state index contributed by atoms with van der Waals surface area (Å²) in [5.41, 5.74) is 5.38. The summed E-state index contributed by atoms with van der Waals surface area (Å²) in [5.74, 6) is 0.912. The standard InChI is InChI=1S/C14H23N5O/c1-10(2)16-8-11-4-3-7-19(9-11)13-6-5-12(14(15)20)17-18-13/h5-6,10-11,16H,3-4,7-9H2,1-2H3,(H2,15,20). The number of aromatic nitrogens is 2. The Morgan fingerprint density at radius 1 is 1.50 bits per heavy atom. The summed E-state index contributed by atoms with van der Waals surface area (Å²) in [4.78, 5) is 13.2. The van der Waals surface area contributed by atoms with Gasteiger partial charge in [-0.1, -0.05) is 13.8 Å². The topological polar surface area (TPSA) is 84.1 Å². The predicted octanol–water partition coefficient (Wildman–Crippen LogP) is 0.790. The number of amides is 1. The third-order valence-corrected chi connectivity index (χ3v) is 3.56. The molecule has 1 aliphatic heterocycles. The Morgan fingerprint density at radius 2 is 2.30 bits per heavy atom. The van der Waals surface area contributed by atoms with Crippen LogP contribution in [0.1, 0.15) is 37.2 Å². The van der Waals surface area contributed by atoms with E-state index in [9.17, 15) is 4.79 Å². The van der Waals surface area contributed by atoms with Gasteiger partial charge in [-0.3, -0.25) is 4.79 Å². The minimum atomic E-state index is -0.540. The predicted molar refractivity (Wildman–Crippen MR) is 78.6 cm³/mol. The normalized spacial score (nSPS) is 19.4. The van der Waals surface area contributed by atoms with Crippen LogP contribution in [0.15, 0.2) is 12.1 Å². The Hall–Kier alpha value is -1.69. The first kappa shape index (κ1) is 14.7. The summed E-state index contributed by atoms with van der Waals surface area (Å²) in [6.45, 7) is 7.32. The van der Waals surface area contributed by atoms with Gasteiger partial charge in [0.1, 0.15) is 0 Å². The molecule has 3 N–H and O–H groups in total. The molecule has 110 valence electrons. The van der Waals surface area contributed by atoms with E-state index in [2.05, 4.69) is 34.3 Å². The molecule has 6 nitrogen and oxygen atoms in total. The Bertz CT molecular complexity index is 445. The monoisotopic (exact) mass is 277 g/mol. The van der Waals surface area contributed by atoms with E-state index in [1.54, 1.807) is 6.07 Å². The Labute approximate surface area is 119 Å². The maximum atomic E-state index is 11.0. The van der Waals surface area contributed by atoms with Gasteiger partial charge in [0.2, 0.25) is 0 Å². The van der Waals surface area contributed by atoms with Crippen molar-refractivity contribution >= 4 is 11.7 Å². The number of nitrogens with two attached hydrogens (primary N) is 1. The van der Waals surface area contributed by atoms with Crippen LogP contribution in [0.3, 0.4) is 0 Å². The van der Waals surface area contributed by atoms with Crippen LogP contribution in [0.4, 0.5) is 5.82 Å².